The standard InChI is InChI=1S/C11H19N3O5S/c15-3-2-14(8-1-4-20(18,19)7-8)11(17)9-5-13-10(16)6-12-9/h8-9,12,15H,1-7H2,(H,13,16). The predicted molar refractivity (Wildman–Crippen MR) is 70.7 cm³/mol. The first-order valence-electron chi connectivity index (χ1n) is 6.55. The van der Waals surface area contributed by atoms with Gasteiger partial charge in [-0.05, 0) is 6.42 Å². The van der Waals surface area contributed by atoms with E-state index < -0.39 is 15.9 Å². The van der Waals surface area contributed by atoms with Crippen LogP contribution in [-0.4, -0.2) is 80.1 Å². The number of rotatable bonds is 4. The van der Waals surface area contributed by atoms with Gasteiger partial charge in [0.1, 0.15) is 6.04 Å². The molecule has 2 fully saturated rings. The Balaban J connectivity index is 2.04. The Labute approximate surface area is 117 Å². The molecule has 2 aliphatic rings. The van der Waals surface area contributed by atoms with Crippen LogP contribution in [0.2, 0.25) is 0 Å². The number of hydrogen-bond acceptors (Lipinski definition) is 6. The average molecular weight is 305 g/mol. The minimum Gasteiger partial charge on any atom is -0.395 e. The maximum Gasteiger partial charge on any atom is 0.241 e. The number of carbonyl (C=O) groups excluding carboxylic acids is 2. The number of piperazine rings is 1. The van der Waals surface area contributed by atoms with Gasteiger partial charge in [-0.25, -0.2) is 8.42 Å². The van der Waals surface area contributed by atoms with Gasteiger partial charge >= 0.3 is 0 Å². The topological polar surface area (TPSA) is 116 Å². The van der Waals surface area contributed by atoms with Gasteiger partial charge in [0, 0.05) is 19.1 Å². The first kappa shape index (κ1) is 15.2. The SMILES string of the molecule is O=C1CNC(C(=O)N(CCO)C2CCS(=O)(=O)C2)CN1. The molecule has 0 aromatic heterocycles. The van der Waals surface area contributed by atoms with Crippen LogP contribution in [0.1, 0.15) is 6.42 Å². The second-order valence-corrected chi connectivity index (χ2v) is 7.28. The molecule has 8 nitrogen and oxygen atoms in total. The molecule has 9 heteroatoms. The first-order chi connectivity index (χ1) is 9.43. The van der Waals surface area contributed by atoms with Gasteiger partial charge < -0.3 is 15.3 Å². The van der Waals surface area contributed by atoms with Crippen molar-refractivity contribution in [2.24, 2.45) is 0 Å². The van der Waals surface area contributed by atoms with E-state index in [0.717, 1.165) is 0 Å². The molecule has 2 unspecified atom stereocenters. The molecule has 2 atom stereocenters. The smallest absolute Gasteiger partial charge is 0.241 e. The summed E-state index contributed by atoms with van der Waals surface area (Å²) in [6.45, 7) is 0.123. The normalized spacial score (nSPS) is 28.9. The van der Waals surface area contributed by atoms with E-state index in [4.69, 9.17) is 5.11 Å². The van der Waals surface area contributed by atoms with Crippen molar-refractivity contribution >= 4 is 21.7 Å². The lowest BCUT2D eigenvalue weighted by Gasteiger charge is -2.33. The van der Waals surface area contributed by atoms with Crippen molar-refractivity contribution < 1.29 is 23.1 Å². The zero-order valence-corrected chi connectivity index (χ0v) is 11.9. The van der Waals surface area contributed by atoms with Crippen LogP contribution >= 0.6 is 0 Å². The van der Waals surface area contributed by atoms with Crippen LogP contribution in [0.4, 0.5) is 0 Å². The highest BCUT2D eigenvalue weighted by molar-refractivity contribution is 7.91. The van der Waals surface area contributed by atoms with Crippen LogP contribution in [-0.2, 0) is 19.4 Å². The number of nitrogens with zero attached hydrogens (tertiary/aromatic N) is 1. The van der Waals surface area contributed by atoms with Crippen LogP contribution in [0.25, 0.3) is 0 Å². The summed E-state index contributed by atoms with van der Waals surface area (Å²) in [5.41, 5.74) is 0. The summed E-state index contributed by atoms with van der Waals surface area (Å²) in [4.78, 5) is 24.9. The van der Waals surface area contributed by atoms with Crippen molar-refractivity contribution in [1.82, 2.24) is 15.5 Å². The van der Waals surface area contributed by atoms with Gasteiger partial charge in [-0.1, -0.05) is 0 Å². The summed E-state index contributed by atoms with van der Waals surface area (Å²) < 4.78 is 23.0. The van der Waals surface area contributed by atoms with Crippen molar-refractivity contribution in [1.29, 1.82) is 0 Å². The van der Waals surface area contributed by atoms with E-state index in [1.165, 1.54) is 4.90 Å². The Kier molecular flexibility index (Phi) is 4.61. The third-order valence-corrected chi connectivity index (χ3v) is 5.33. The molecule has 3 N–H and O–H groups in total. The third kappa shape index (κ3) is 3.47. The van der Waals surface area contributed by atoms with Gasteiger partial charge in [0.15, 0.2) is 9.84 Å². The van der Waals surface area contributed by atoms with Crippen LogP contribution in [0.3, 0.4) is 0 Å². The quantitative estimate of drug-likeness (QED) is 0.512. The number of hydrogen-bond donors (Lipinski definition) is 3. The lowest BCUT2D eigenvalue weighted by atomic mass is 10.1. The second-order valence-electron chi connectivity index (χ2n) is 5.05. The molecule has 0 saturated carbocycles. The highest BCUT2D eigenvalue weighted by atomic mass is 32.2. The average Bonchev–Trinajstić information content (AvgIpc) is 2.76. The Bertz CT molecular complexity index is 482. The number of amides is 2. The highest BCUT2D eigenvalue weighted by Gasteiger charge is 2.37. The van der Waals surface area contributed by atoms with Crippen molar-refractivity contribution in [2.75, 3.05) is 37.7 Å². The molecule has 2 aliphatic heterocycles. The van der Waals surface area contributed by atoms with Crippen LogP contribution < -0.4 is 10.6 Å². The molecule has 0 spiro atoms. The summed E-state index contributed by atoms with van der Waals surface area (Å²) in [5, 5.41) is 14.5. The molecule has 114 valence electrons. The molecule has 0 radical (unpaired) electrons. The molecule has 2 saturated heterocycles. The zero-order valence-electron chi connectivity index (χ0n) is 11.0. The Morgan fingerprint density at radius 3 is 2.70 bits per heavy atom. The van der Waals surface area contributed by atoms with E-state index in [2.05, 4.69) is 10.6 Å². The van der Waals surface area contributed by atoms with Gasteiger partial charge in [0.2, 0.25) is 11.8 Å². The van der Waals surface area contributed by atoms with Gasteiger partial charge in [-0.3, -0.25) is 14.9 Å². The van der Waals surface area contributed by atoms with E-state index in [9.17, 15) is 18.0 Å². The van der Waals surface area contributed by atoms with Crippen LogP contribution in [0, 0.1) is 0 Å². The molecule has 20 heavy (non-hydrogen) atoms. The molecule has 0 bridgehead atoms. The fourth-order valence-corrected chi connectivity index (χ4v) is 4.27. The third-order valence-electron chi connectivity index (χ3n) is 3.58. The minimum atomic E-state index is -3.10. The monoisotopic (exact) mass is 305 g/mol. The minimum absolute atomic E-state index is 0.0577. The van der Waals surface area contributed by atoms with Crippen molar-refractivity contribution in [3.8, 4) is 0 Å². The Morgan fingerprint density at radius 1 is 1.45 bits per heavy atom. The van der Waals surface area contributed by atoms with Gasteiger partial charge in [-0.15, -0.1) is 0 Å². The summed E-state index contributed by atoms with van der Waals surface area (Å²) in [7, 11) is -3.10. The lowest BCUT2D eigenvalue weighted by molar-refractivity contribution is -0.137. The molecular weight excluding hydrogens is 286 g/mol. The summed E-state index contributed by atoms with van der Waals surface area (Å²) in [5.74, 6) is -0.438. The Morgan fingerprint density at radius 2 is 2.20 bits per heavy atom. The lowest BCUT2D eigenvalue weighted by Crippen LogP contribution is -2.60. The van der Waals surface area contributed by atoms with Crippen LogP contribution in [0.15, 0.2) is 0 Å². The Hall–Kier alpha value is -1.19. The molecule has 2 heterocycles. The highest BCUT2D eigenvalue weighted by Crippen LogP contribution is 2.18. The van der Waals surface area contributed by atoms with E-state index >= 15 is 0 Å². The van der Waals surface area contributed by atoms with Gasteiger partial charge in [-0.2, -0.15) is 0 Å². The number of aliphatic hydroxyl groups excluding tert-OH is 1. The van der Waals surface area contributed by atoms with E-state index in [0.29, 0.717) is 6.42 Å². The van der Waals surface area contributed by atoms with E-state index in [1.54, 1.807) is 0 Å². The molecule has 2 amide bonds. The maximum atomic E-state index is 12.4. The van der Waals surface area contributed by atoms with Gasteiger partial charge in [0.25, 0.3) is 0 Å². The number of aliphatic hydroxyl groups is 1. The predicted octanol–water partition coefficient (Wildman–Crippen LogP) is -2.92. The summed E-state index contributed by atoms with van der Waals surface area (Å²) in [6, 6.07) is -0.957. The first-order valence-corrected chi connectivity index (χ1v) is 8.37. The second kappa shape index (κ2) is 6.06. The van der Waals surface area contributed by atoms with Gasteiger partial charge in [0.05, 0.1) is 24.7 Å². The number of carbonyl (C=O) groups is 2. The largest absolute Gasteiger partial charge is 0.395 e. The molecular formula is C11H19N3O5S. The number of sulfone groups is 1. The van der Waals surface area contributed by atoms with Crippen molar-refractivity contribution in [3.05, 3.63) is 0 Å². The summed E-state index contributed by atoms with van der Waals surface area (Å²) >= 11 is 0. The van der Waals surface area contributed by atoms with E-state index in [1.807, 2.05) is 0 Å². The maximum absolute atomic E-state index is 12.4. The summed E-state index contributed by atoms with van der Waals surface area (Å²) in [6.07, 6.45) is 0.396. The van der Waals surface area contributed by atoms with Crippen molar-refractivity contribution in [2.45, 2.75) is 18.5 Å². The molecule has 0 aromatic rings. The molecule has 2 rings (SSSR count). The number of nitrogens with one attached hydrogen (secondary N) is 2. The van der Waals surface area contributed by atoms with E-state index in [-0.39, 0.29) is 55.6 Å². The molecule has 0 aliphatic carbocycles. The van der Waals surface area contributed by atoms with Crippen LogP contribution in [0.5, 0.6) is 0 Å². The fraction of sp³-hybridized carbons (Fsp3) is 0.818. The fourth-order valence-electron chi connectivity index (χ4n) is 2.54. The zero-order chi connectivity index (χ0) is 14.8. The van der Waals surface area contributed by atoms with Crippen molar-refractivity contribution in [3.63, 3.8) is 0 Å². The molecule has 0 aromatic carbocycles.